The molecule has 0 amide bonds. The molecule has 20 heavy (non-hydrogen) atoms. The van der Waals surface area contributed by atoms with E-state index in [0.717, 1.165) is 38.9 Å². The van der Waals surface area contributed by atoms with Gasteiger partial charge in [0.1, 0.15) is 0 Å². The first-order chi connectivity index (χ1) is 9.26. The van der Waals surface area contributed by atoms with Crippen LogP contribution in [0.4, 0.5) is 0 Å². The molecule has 0 spiro atoms. The first-order valence-electron chi connectivity index (χ1n) is 7.25. The SMILES string of the molecule is CCCn1cc(CN2CCC(OC)CC2CN)cn1.Cl. The van der Waals surface area contributed by atoms with Gasteiger partial charge in [0.15, 0.2) is 0 Å². The monoisotopic (exact) mass is 302 g/mol. The molecule has 1 aliphatic rings. The Morgan fingerprint density at radius 1 is 1.50 bits per heavy atom. The number of aromatic nitrogens is 2. The van der Waals surface area contributed by atoms with Crippen molar-refractivity contribution in [2.24, 2.45) is 5.73 Å². The van der Waals surface area contributed by atoms with Crippen molar-refractivity contribution in [3.8, 4) is 0 Å². The minimum absolute atomic E-state index is 0. The summed E-state index contributed by atoms with van der Waals surface area (Å²) in [5.74, 6) is 0. The van der Waals surface area contributed by atoms with Crippen LogP contribution < -0.4 is 5.73 Å². The molecule has 1 aromatic rings. The zero-order chi connectivity index (χ0) is 13.7. The summed E-state index contributed by atoms with van der Waals surface area (Å²) >= 11 is 0. The van der Waals surface area contributed by atoms with Crippen LogP contribution in [0.5, 0.6) is 0 Å². The molecule has 1 aromatic heterocycles. The quantitative estimate of drug-likeness (QED) is 0.868. The van der Waals surface area contributed by atoms with Crippen LogP contribution in [0.3, 0.4) is 0 Å². The average molecular weight is 303 g/mol. The predicted octanol–water partition coefficient (Wildman–Crippen LogP) is 1.65. The summed E-state index contributed by atoms with van der Waals surface area (Å²) in [7, 11) is 1.79. The Bertz CT molecular complexity index is 385. The standard InChI is InChI=1S/C14H26N4O.ClH/c1-3-5-18-11-12(9-16-18)10-17-6-4-14(19-2)7-13(17)8-15;/h9,11,13-14H,3-8,10,15H2,1-2H3;1H. The maximum absolute atomic E-state index is 5.90. The van der Waals surface area contributed by atoms with E-state index in [2.05, 4.69) is 23.1 Å². The molecule has 2 atom stereocenters. The number of likely N-dealkylation sites (tertiary alicyclic amines) is 1. The highest BCUT2D eigenvalue weighted by Gasteiger charge is 2.27. The second-order valence-corrected chi connectivity index (χ2v) is 5.35. The van der Waals surface area contributed by atoms with Crippen LogP contribution in [0.1, 0.15) is 31.7 Å². The number of nitrogens with zero attached hydrogens (tertiary/aromatic N) is 3. The molecule has 1 saturated heterocycles. The molecule has 2 unspecified atom stereocenters. The van der Waals surface area contributed by atoms with Crippen LogP contribution in [0.2, 0.25) is 0 Å². The zero-order valence-corrected chi connectivity index (χ0v) is 13.3. The predicted molar refractivity (Wildman–Crippen MR) is 83.0 cm³/mol. The Labute approximate surface area is 127 Å². The summed E-state index contributed by atoms with van der Waals surface area (Å²) in [5.41, 5.74) is 7.18. The van der Waals surface area contributed by atoms with Gasteiger partial charge in [0, 0.05) is 51.1 Å². The van der Waals surface area contributed by atoms with Crippen molar-refractivity contribution in [2.75, 3.05) is 20.2 Å². The molecule has 116 valence electrons. The Balaban J connectivity index is 0.00000200. The number of ether oxygens (including phenoxy) is 1. The van der Waals surface area contributed by atoms with Gasteiger partial charge in [-0.1, -0.05) is 6.92 Å². The number of hydrogen-bond donors (Lipinski definition) is 1. The van der Waals surface area contributed by atoms with Crippen molar-refractivity contribution in [3.05, 3.63) is 18.0 Å². The molecule has 5 nitrogen and oxygen atoms in total. The highest BCUT2D eigenvalue weighted by molar-refractivity contribution is 5.85. The summed E-state index contributed by atoms with van der Waals surface area (Å²) in [4.78, 5) is 2.46. The fourth-order valence-electron chi connectivity index (χ4n) is 2.80. The summed E-state index contributed by atoms with van der Waals surface area (Å²) in [5, 5.41) is 4.39. The second kappa shape index (κ2) is 8.62. The largest absolute Gasteiger partial charge is 0.381 e. The summed E-state index contributed by atoms with van der Waals surface area (Å²) < 4.78 is 7.48. The maximum Gasteiger partial charge on any atom is 0.0599 e. The molecule has 2 heterocycles. The average Bonchev–Trinajstić information content (AvgIpc) is 2.87. The van der Waals surface area contributed by atoms with Gasteiger partial charge in [-0.3, -0.25) is 9.58 Å². The molecule has 0 aliphatic carbocycles. The van der Waals surface area contributed by atoms with E-state index in [0.29, 0.717) is 18.7 Å². The molecular weight excluding hydrogens is 276 g/mol. The van der Waals surface area contributed by atoms with Gasteiger partial charge in [-0.2, -0.15) is 5.10 Å². The Morgan fingerprint density at radius 2 is 2.30 bits per heavy atom. The van der Waals surface area contributed by atoms with Crippen LogP contribution in [0, 0.1) is 0 Å². The number of halogens is 1. The third kappa shape index (κ3) is 4.45. The molecule has 0 radical (unpaired) electrons. The van der Waals surface area contributed by atoms with Gasteiger partial charge < -0.3 is 10.5 Å². The molecule has 0 bridgehead atoms. The Morgan fingerprint density at radius 3 is 2.95 bits per heavy atom. The van der Waals surface area contributed by atoms with E-state index < -0.39 is 0 Å². The molecule has 2 N–H and O–H groups in total. The highest BCUT2D eigenvalue weighted by atomic mass is 35.5. The molecule has 0 aromatic carbocycles. The van der Waals surface area contributed by atoms with Gasteiger partial charge in [-0.15, -0.1) is 12.4 Å². The maximum atomic E-state index is 5.90. The highest BCUT2D eigenvalue weighted by Crippen LogP contribution is 2.21. The molecule has 6 heteroatoms. The van der Waals surface area contributed by atoms with Gasteiger partial charge in [-0.05, 0) is 19.3 Å². The van der Waals surface area contributed by atoms with Crippen LogP contribution in [-0.2, 0) is 17.8 Å². The lowest BCUT2D eigenvalue weighted by atomic mass is 9.99. The lowest BCUT2D eigenvalue weighted by Crippen LogP contribution is -2.47. The fraction of sp³-hybridized carbons (Fsp3) is 0.786. The number of methoxy groups -OCH3 is 1. The van der Waals surface area contributed by atoms with Gasteiger partial charge in [-0.25, -0.2) is 0 Å². The first kappa shape index (κ1) is 17.4. The Kier molecular flexibility index (Phi) is 7.51. The number of piperidine rings is 1. The van der Waals surface area contributed by atoms with Gasteiger partial charge >= 0.3 is 0 Å². The first-order valence-corrected chi connectivity index (χ1v) is 7.25. The zero-order valence-electron chi connectivity index (χ0n) is 12.5. The number of aryl methyl sites for hydroxylation is 1. The van der Waals surface area contributed by atoms with Gasteiger partial charge in [0.05, 0.1) is 12.3 Å². The van der Waals surface area contributed by atoms with Crippen molar-refractivity contribution in [1.29, 1.82) is 0 Å². The van der Waals surface area contributed by atoms with E-state index in [1.807, 2.05) is 10.9 Å². The molecular formula is C14H27ClN4O. The van der Waals surface area contributed by atoms with Crippen LogP contribution in [0.25, 0.3) is 0 Å². The van der Waals surface area contributed by atoms with E-state index in [-0.39, 0.29) is 12.4 Å². The van der Waals surface area contributed by atoms with Gasteiger partial charge in [0.25, 0.3) is 0 Å². The molecule has 2 rings (SSSR count). The van der Waals surface area contributed by atoms with E-state index >= 15 is 0 Å². The van der Waals surface area contributed by atoms with Crippen molar-refractivity contribution in [1.82, 2.24) is 14.7 Å². The summed E-state index contributed by atoms with van der Waals surface area (Å²) in [6.07, 6.45) is 7.75. The van der Waals surface area contributed by atoms with E-state index in [4.69, 9.17) is 10.5 Å². The summed E-state index contributed by atoms with van der Waals surface area (Å²) in [6, 6.07) is 0.424. The van der Waals surface area contributed by atoms with Crippen LogP contribution in [-0.4, -0.2) is 47.0 Å². The fourth-order valence-corrected chi connectivity index (χ4v) is 2.80. The van der Waals surface area contributed by atoms with Crippen molar-refractivity contribution < 1.29 is 4.74 Å². The topological polar surface area (TPSA) is 56.3 Å². The lowest BCUT2D eigenvalue weighted by molar-refractivity contribution is 0.0102. The number of rotatable bonds is 6. The minimum atomic E-state index is 0. The van der Waals surface area contributed by atoms with Crippen molar-refractivity contribution in [3.63, 3.8) is 0 Å². The smallest absolute Gasteiger partial charge is 0.0599 e. The van der Waals surface area contributed by atoms with Crippen LogP contribution >= 0.6 is 12.4 Å². The van der Waals surface area contributed by atoms with E-state index in [1.54, 1.807) is 7.11 Å². The lowest BCUT2D eigenvalue weighted by Gasteiger charge is -2.38. The minimum Gasteiger partial charge on any atom is -0.381 e. The third-order valence-corrected chi connectivity index (χ3v) is 3.92. The van der Waals surface area contributed by atoms with E-state index in [1.165, 1.54) is 5.56 Å². The van der Waals surface area contributed by atoms with Crippen molar-refractivity contribution >= 4 is 12.4 Å². The number of hydrogen-bond acceptors (Lipinski definition) is 4. The second-order valence-electron chi connectivity index (χ2n) is 5.35. The summed E-state index contributed by atoms with van der Waals surface area (Å²) in [6.45, 7) is 5.86. The van der Waals surface area contributed by atoms with Crippen molar-refractivity contribution in [2.45, 2.75) is 51.4 Å². The molecule has 1 fully saturated rings. The molecule has 1 aliphatic heterocycles. The third-order valence-electron chi connectivity index (χ3n) is 3.92. The number of nitrogens with two attached hydrogens (primary N) is 1. The normalized spacial score (nSPS) is 23.6. The van der Waals surface area contributed by atoms with Gasteiger partial charge in [0.2, 0.25) is 0 Å². The van der Waals surface area contributed by atoms with Crippen LogP contribution in [0.15, 0.2) is 12.4 Å². The van der Waals surface area contributed by atoms with E-state index in [9.17, 15) is 0 Å². The Hall–Kier alpha value is -0.620. The molecule has 0 saturated carbocycles.